The summed E-state index contributed by atoms with van der Waals surface area (Å²) in [6, 6.07) is -1.70. The van der Waals surface area contributed by atoms with Gasteiger partial charge >= 0.3 is 11.9 Å². The highest BCUT2D eigenvalue weighted by Crippen LogP contribution is 2.16. The van der Waals surface area contributed by atoms with Gasteiger partial charge in [-0.15, -0.1) is 0 Å². The van der Waals surface area contributed by atoms with Crippen molar-refractivity contribution in [3.05, 3.63) is 0 Å². The third-order valence-electron chi connectivity index (χ3n) is 3.63. The van der Waals surface area contributed by atoms with Crippen LogP contribution in [0.15, 0.2) is 0 Å². The lowest BCUT2D eigenvalue weighted by atomic mass is 10.0. The molecule has 4 N–H and O–H groups in total. The molecule has 1 rings (SSSR count). The predicted molar refractivity (Wildman–Crippen MR) is 82.4 cm³/mol. The van der Waals surface area contributed by atoms with Crippen LogP contribution >= 0.6 is 0 Å². The highest BCUT2D eigenvalue weighted by molar-refractivity contribution is 5.85. The number of piperazine rings is 1. The molecule has 1 aliphatic rings. The third kappa shape index (κ3) is 5.46. The van der Waals surface area contributed by atoms with Crippen molar-refractivity contribution < 1.29 is 28.7 Å². The molecule has 1 aliphatic heterocycles. The summed E-state index contributed by atoms with van der Waals surface area (Å²) in [6.07, 6.45) is 0. The summed E-state index contributed by atoms with van der Waals surface area (Å²) < 4.78 is 9.71. The maximum absolute atomic E-state index is 11.7. The first kappa shape index (κ1) is 19.8. The Kier molecular flexibility index (Phi) is 7.59. The quantitative estimate of drug-likeness (QED) is 0.457. The number of nitrogens with two attached hydrogens (primary N) is 2. The van der Waals surface area contributed by atoms with Crippen LogP contribution in [0.1, 0.15) is 13.8 Å². The van der Waals surface area contributed by atoms with Gasteiger partial charge in [0.05, 0.1) is 26.3 Å². The van der Waals surface area contributed by atoms with Crippen molar-refractivity contribution in [2.45, 2.75) is 25.9 Å². The van der Waals surface area contributed by atoms with Crippen LogP contribution in [0.5, 0.6) is 0 Å². The number of hydrogen-bond acceptors (Lipinski definition) is 8. The van der Waals surface area contributed by atoms with Gasteiger partial charge in [-0.1, -0.05) is 0 Å². The molecule has 0 aliphatic carbocycles. The fourth-order valence-corrected chi connectivity index (χ4v) is 2.56. The molecular formula is C14H24N4O6. The molecule has 1 saturated heterocycles. The maximum atomic E-state index is 11.7. The standard InChI is InChI=1S/C14H24N4O6/c1-3-23-11(19)7-17-5-10(14(16)22)18(6-9(17)13(15)21)8-12(20)24-4-2/h9-10H,3-8H2,1-2H3,(H2,15,21)(H2,16,22)/t9-,10-/m1/s1. The number of ether oxygens (including phenoxy) is 2. The SMILES string of the molecule is CCOC(=O)CN1C[C@H](C(N)=O)N(CC(=O)OCC)C[C@@H]1C(N)=O. The molecule has 2 atom stereocenters. The van der Waals surface area contributed by atoms with Crippen LogP contribution < -0.4 is 11.5 Å². The molecule has 0 aromatic heterocycles. The second kappa shape index (κ2) is 9.18. The maximum Gasteiger partial charge on any atom is 0.320 e. The van der Waals surface area contributed by atoms with Crippen molar-refractivity contribution in [2.24, 2.45) is 11.5 Å². The molecule has 0 radical (unpaired) electrons. The van der Waals surface area contributed by atoms with Gasteiger partial charge in [-0.05, 0) is 13.8 Å². The number of carbonyl (C=O) groups is 4. The molecule has 136 valence electrons. The highest BCUT2D eigenvalue weighted by atomic mass is 16.5. The lowest BCUT2D eigenvalue weighted by Gasteiger charge is -2.42. The second-order valence-electron chi connectivity index (χ2n) is 5.31. The minimum atomic E-state index is -0.848. The van der Waals surface area contributed by atoms with Crippen LogP contribution in [0.2, 0.25) is 0 Å². The van der Waals surface area contributed by atoms with Crippen molar-refractivity contribution in [3.63, 3.8) is 0 Å². The number of carbonyl (C=O) groups excluding carboxylic acids is 4. The van der Waals surface area contributed by atoms with Crippen LogP contribution in [0.4, 0.5) is 0 Å². The number of primary amides is 2. The Morgan fingerprint density at radius 3 is 1.42 bits per heavy atom. The van der Waals surface area contributed by atoms with E-state index >= 15 is 0 Å². The normalized spacial score (nSPS) is 21.9. The highest BCUT2D eigenvalue weighted by Gasteiger charge is 2.40. The van der Waals surface area contributed by atoms with Crippen LogP contribution in [0.3, 0.4) is 0 Å². The van der Waals surface area contributed by atoms with Gasteiger partial charge in [-0.25, -0.2) is 0 Å². The van der Waals surface area contributed by atoms with Gasteiger partial charge in [0.2, 0.25) is 11.8 Å². The zero-order chi connectivity index (χ0) is 18.3. The third-order valence-corrected chi connectivity index (χ3v) is 3.63. The molecule has 10 nitrogen and oxygen atoms in total. The van der Waals surface area contributed by atoms with Gasteiger partial charge in [-0.3, -0.25) is 29.0 Å². The van der Waals surface area contributed by atoms with Crippen molar-refractivity contribution in [3.8, 4) is 0 Å². The summed E-state index contributed by atoms with van der Waals surface area (Å²) in [5, 5.41) is 0. The van der Waals surface area contributed by atoms with Gasteiger partial charge in [0.25, 0.3) is 0 Å². The molecule has 0 aromatic carbocycles. The number of rotatable bonds is 8. The van der Waals surface area contributed by atoms with E-state index in [1.165, 1.54) is 9.80 Å². The smallest absolute Gasteiger partial charge is 0.320 e. The van der Waals surface area contributed by atoms with Gasteiger partial charge in [-0.2, -0.15) is 0 Å². The molecule has 0 unspecified atom stereocenters. The number of hydrogen-bond donors (Lipinski definition) is 2. The van der Waals surface area contributed by atoms with E-state index < -0.39 is 35.8 Å². The summed E-state index contributed by atoms with van der Waals surface area (Å²) in [6.45, 7) is 3.30. The summed E-state index contributed by atoms with van der Waals surface area (Å²) in [5.74, 6) is -2.41. The second-order valence-corrected chi connectivity index (χ2v) is 5.31. The Morgan fingerprint density at radius 2 is 1.17 bits per heavy atom. The molecular weight excluding hydrogens is 320 g/mol. The predicted octanol–water partition coefficient (Wildman–Crippen LogP) is -2.56. The number of esters is 2. The summed E-state index contributed by atoms with van der Waals surface area (Å²) in [4.78, 5) is 49.7. The molecule has 0 saturated carbocycles. The van der Waals surface area contributed by atoms with E-state index in [9.17, 15) is 19.2 Å². The Labute approximate surface area is 140 Å². The van der Waals surface area contributed by atoms with Gasteiger partial charge in [0.15, 0.2) is 0 Å². The van der Waals surface area contributed by atoms with Gasteiger partial charge in [0.1, 0.15) is 12.1 Å². The molecule has 24 heavy (non-hydrogen) atoms. The van der Waals surface area contributed by atoms with Crippen molar-refractivity contribution in [2.75, 3.05) is 39.4 Å². The molecule has 1 fully saturated rings. The fraction of sp³-hybridized carbons (Fsp3) is 0.714. The van der Waals surface area contributed by atoms with E-state index in [0.29, 0.717) is 0 Å². The Morgan fingerprint density at radius 1 is 0.833 bits per heavy atom. The number of nitrogens with zero attached hydrogens (tertiary/aromatic N) is 2. The van der Waals surface area contributed by atoms with E-state index in [2.05, 4.69) is 0 Å². The molecule has 2 amide bonds. The summed E-state index contributed by atoms with van der Waals surface area (Å²) >= 11 is 0. The van der Waals surface area contributed by atoms with E-state index in [1.807, 2.05) is 0 Å². The topological polar surface area (TPSA) is 145 Å². The minimum Gasteiger partial charge on any atom is -0.465 e. The monoisotopic (exact) mass is 344 g/mol. The molecule has 1 heterocycles. The summed E-state index contributed by atoms with van der Waals surface area (Å²) in [5.41, 5.74) is 10.8. The number of amides is 2. The van der Waals surface area contributed by atoms with E-state index in [0.717, 1.165) is 0 Å². The Balaban J connectivity index is 2.91. The van der Waals surface area contributed by atoms with Crippen molar-refractivity contribution >= 4 is 23.8 Å². The zero-order valence-electron chi connectivity index (χ0n) is 13.9. The molecule has 0 aromatic rings. The van der Waals surface area contributed by atoms with Crippen molar-refractivity contribution in [1.82, 2.24) is 9.80 Å². The Hall–Kier alpha value is -2.20. The van der Waals surface area contributed by atoms with Crippen molar-refractivity contribution in [1.29, 1.82) is 0 Å². The van der Waals surface area contributed by atoms with Crippen LogP contribution in [-0.4, -0.2) is 85.0 Å². The lowest BCUT2D eigenvalue weighted by Crippen LogP contribution is -2.66. The zero-order valence-corrected chi connectivity index (χ0v) is 13.9. The van der Waals surface area contributed by atoms with E-state index in [-0.39, 0.29) is 39.4 Å². The van der Waals surface area contributed by atoms with E-state index in [1.54, 1.807) is 13.8 Å². The largest absolute Gasteiger partial charge is 0.465 e. The average Bonchev–Trinajstić information content (AvgIpc) is 2.48. The molecule has 10 heteroatoms. The molecule has 0 bridgehead atoms. The van der Waals surface area contributed by atoms with Crippen LogP contribution in [0, 0.1) is 0 Å². The summed E-state index contributed by atoms with van der Waals surface area (Å²) in [7, 11) is 0. The first-order valence-electron chi connectivity index (χ1n) is 7.68. The Bertz CT molecular complexity index is 454. The van der Waals surface area contributed by atoms with Gasteiger partial charge in [0, 0.05) is 13.1 Å². The van der Waals surface area contributed by atoms with Crippen LogP contribution in [0.25, 0.3) is 0 Å². The van der Waals surface area contributed by atoms with Gasteiger partial charge < -0.3 is 20.9 Å². The van der Waals surface area contributed by atoms with E-state index in [4.69, 9.17) is 20.9 Å². The average molecular weight is 344 g/mol. The van der Waals surface area contributed by atoms with Crippen LogP contribution in [-0.2, 0) is 28.7 Å². The molecule has 0 spiro atoms. The minimum absolute atomic E-state index is 0.0127. The first-order chi connectivity index (χ1) is 11.3. The first-order valence-corrected chi connectivity index (χ1v) is 7.68. The fourth-order valence-electron chi connectivity index (χ4n) is 2.56. The lowest BCUT2D eigenvalue weighted by molar-refractivity contribution is -0.153.